The fraction of sp³-hybridized carbons (Fsp3) is 0.769. The van der Waals surface area contributed by atoms with Gasteiger partial charge in [0.25, 0.3) is 0 Å². The van der Waals surface area contributed by atoms with Crippen molar-refractivity contribution in [2.24, 2.45) is 5.92 Å². The predicted octanol–water partition coefficient (Wildman–Crippen LogP) is 2.52. The minimum atomic E-state index is 0.615. The molecule has 1 atom stereocenters. The van der Waals surface area contributed by atoms with E-state index in [2.05, 4.69) is 50.1 Å². The highest BCUT2D eigenvalue weighted by Crippen LogP contribution is 2.12. The van der Waals surface area contributed by atoms with Crippen LogP contribution in [0.1, 0.15) is 30.2 Å². The first-order chi connectivity index (χ1) is 7.99. The Kier molecular flexibility index (Phi) is 6.09. The van der Waals surface area contributed by atoms with Crippen LogP contribution in [0.5, 0.6) is 0 Å². The summed E-state index contributed by atoms with van der Waals surface area (Å²) in [6.45, 7) is 8.59. The Balaban J connectivity index is 2.31. The topological polar surface area (TPSA) is 28.2 Å². The maximum absolute atomic E-state index is 4.27. The molecule has 0 aliphatic rings. The molecule has 0 bridgehead atoms. The van der Waals surface area contributed by atoms with Gasteiger partial charge in [-0.1, -0.05) is 13.8 Å². The molecule has 0 aliphatic heterocycles. The van der Waals surface area contributed by atoms with Gasteiger partial charge in [0, 0.05) is 30.2 Å². The second kappa shape index (κ2) is 7.09. The summed E-state index contributed by atoms with van der Waals surface area (Å²) in [6, 6.07) is 0.615. The third kappa shape index (κ3) is 5.61. The van der Waals surface area contributed by atoms with Crippen LogP contribution in [0, 0.1) is 12.8 Å². The second-order valence-corrected chi connectivity index (χ2v) is 6.54. The molecule has 1 unspecified atom stereocenters. The SMILES string of the molecule is Cc1ncc(CNCC(CC(C)C)N(C)C)s1. The molecule has 17 heavy (non-hydrogen) atoms. The Labute approximate surface area is 109 Å². The fourth-order valence-corrected chi connectivity index (χ4v) is 2.63. The van der Waals surface area contributed by atoms with Crippen LogP contribution in [0.4, 0.5) is 0 Å². The van der Waals surface area contributed by atoms with E-state index >= 15 is 0 Å². The molecule has 1 heterocycles. The molecule has 0 spiro atoms. The van der Waals surface area contributed by atoms with E-state index in [9.17, 15) is 0 Å². The van der Waals surface area contributed by atoms with Crippen molar-refractivity contribution in [3.63, 3.8) is 0 Å². The monoisotopic (exact) mass is 255 g/mol. The summed E-state index contributed by atoms with van der Waals surface area (Å²) in [5, 5.41) is 4.68. The molecular weight excluding hydrogens is 230 g/mol. The van der Waals surface area contributed by atoms with E-state index in [1.807, 2.05) is 6.20 Å². The van der Waals surface area contributed by atoms with Gasteiger partial charge in [-0.15, -0.1) is 11.3 Å². The van der Waals surface area contributed by atoms with Crippen molar-refractivity contribution in [1.29, 1.82) is 0 Å². The molecule has 0 saturated heterocycles. The van der Waals surface area contributed by atoms with Crippen LogP contribution in [0.2, 0.25) is 0 Å². The van der Waals surface area contributed by atoms with Gasteiger partial charge in [-0.25, -0.2) is 4.98 Å². The molecule has 1 N–H and O–H groups in total. The first-order valence-electron chi connectivity index (χ1n) is 6.27. The first-order valence-corrected chi connectivity index (χ1v) is 7.09. The lowest BCUT2D eigenvalue weighted by molar-refractivity contribution is 0.247. The van der Waals surface area contributed by atoms with Gasteiger partial charge in [-0.05, 0) is 33.4 Å². The normalized spacial score (nSPS) is 13.6. The van der Waals surface area contributed by atoms with Crippen LogP contribution in [0.25, 0.3) is 0 Å². The smallest absolute Gasteiger partial charge is 0.0897 e. The molecule has 4 heteroatoms. The number of aryl methyl sites for hydroxylation is 1. The Morgan fingerprint density at radius 3 is 2.59 bits per heavy atom. The van der Waals surface area contributed by atoms with Gasteiger partial charge < -0.3 is 10.2 Å². The number of nitrogens with zero attached hydrogens (tertiary/aromatic N) is 2. The highest BCUT2D eigenvalue weighted by atomic mass is 32.1. The van der Waals surface area contributed by atoms with Crippen LogP contribution in [0.15, 0.2) is 6.20 Å². The molecule has 1 rings (SSSR count). The van der Waals surface area contributed by atoms with Crippen molar-refractivity contribution in [1.82, 2.24) is 15.2 Å². The minimum absolute atomic E-state index is 0.615. The zero-order valence-corrected chi connectivity index (χ0v) is 12.5. The zero-order chi connectivity index (χ0) is 12.8. The van der Waals surface area contributed by atoms with Crippen LogP contribution in [-0.2, 0) is 6.54 Å². The summed E-state index contributed by atoms with van der Waals surface area (Å²) in [6.07, 6.45) is 3.21. The molecule has 1 aromatic rings. The lowest BCUT2D eigenvalue weighted by Crippen LogP contribution is -2.38. The zero-order valence-electron chi connectivity index (χ0n) is 11.7. The minimum Gasteiger partial charge on any atom is -0.310 e. The van der Waals surface area contributed by atoms with E-state index in [1.165, 1.54) is 11.3 Å². The van der Waals surface area contributed by atoms with Gasteiger partial charge in [0.15, 0.2) is 0 Å². The average molecular weight is 255 g/mol. The Morgan fingerprint density at radius 2 is 2.12 bits per heavy atom. The van der Waals surface area contributed by atoms with E-state index < -0.39 is 0 Å². The Bertz CT molecular complexity index is 320. The first kappa shape index (κ1) is 14.6. The number of likely N-dealkylation sites (N-methyl/N-ethyl adjacent to an activating group) is 1. The quantitative estimate of drug-likeness (QED) is 0.811. The number of nitrogens with one attached hydrogen (secondary N) is 1. The largest absolute Gasteiger partial charge is 0.310 e. The molecule has 1 aromatic heterocycles. The molecule has 0 aliphatic carbocycles. The van der Waals surface area contributed by atoms with Crippen LogP contribution >= 0.6 is 11.3 Å². The highest BCUT2D eigenvalue weighted by Gasteiger charge is 2.12. The van der Waals surface area contributed by atoms with Crippen molar-refractivity contribution in [3.05, 3.63) is 16.1 Å². The lowest BCUT2D eigenvalue weighted by Gasteiger charge is -2.26. The standard InChI is InChI=1S/C13H25N3S/c1-10(2)6-12(16(4)5)7-14-8-13-9-15-11(3)17-13/h9-10,12,14H,6-8H2,1-5H3. The van der Waals surface area contributed by atoms with Crippen molar-refractivity contribution in [3.8, 4) is 0 Å². The maximum Gasteiger partial charge on any atom is 0.0897 e. The van der Waals surface area contributed by atoms with Crippen LogP contribution < -0.4 is 5.32 Å². The van der Waals surface area contributed by atoms with Crippen molar-refractivity contribution < 1.29 is 0 Å². The Morgan fingerprint density at radius 1 is 1.41 bits per heavy atom. The molecule has 0 amide bonds. The average Bonchev–Trinajstić information content (AvgIpc) is 2.62. The van der Waals surface area contributed by atoms with Crippen molar-refractivity contribution >= 4 is 11.3 Å². The third-order valence-electron chi connectivity index (χ3n) is 2.82. The summed E-state index contributed by atoms with van der Waals surface area (Å²) in [5.74, 6) is 0.745. The van der Waals surface area contributed by atoms with E-state index in [-0.39, 0.29) is 0 Å². The van der Waals surface area contributed by atoms with Crippen molar-refractivity contribution in [2.45, 2.75) is 39.8 Å². The van der Waals surface area contributed by atoms with Gasteiger partial charge >= 0.3 is 0 Å². The number of rotatable bonds is 7. The van der Waals surface area contributed by atoms with Crippen molar-refractivity contribution in [2.75, 3.05) is 20.6 Å². The van der Waals surface area contributed by atoms with Gasteiger partial charge in [-0.2, -0.15) is 0 Å². The molecule has 3 nitrogen and oxygen atoms in total. The molecule has 98 valence electrons. The third-order valence-corrected chi connectivity index (χ3v) is 3.73. The number of hydrogen-bond donors (Lipinski definition) is 1. The van der Waals surface area contributed by atoms with Crippen LogP contribution in [-0.4, -0.2) is 36.6 Å². The van der Waals surface area contributed by atoms with E-state index in [4.69, 9.17) is 0 Å². The summed E-state index contributed by atoms with van der Waals surface area (Å²) < 4.78 is 0. The summed E-state index contributed by atoms with van der Waals surface area (Å²) in [4.78, 5) is 7.90. The van der Waals surface area contributed by atoms with Gasteiger partial charge in [0.05, 0.1) is 5.01 Å². The van der Waals surface area contributed by atoms with Gasteiger partial charge in [-0.3, -0.25) is 0 Å². The number of thiazole rings is 1. The molecule has 0 fully saturated rings. The van der Waals surface area contributed by atoms with Gasteiger partial charge in [0.2, 0.25) is 0 Å². The highest BCUT2D eigenvalue weighted by molar-refractivity contribution is 7.11. The Hall–Kier alpha value is -0.450. The number of aromatic nitrogens is 1. The number of hydrogen-bond acceptors (Lipinski definition) is 4. The summed E-state index contributed by atoms with van der Waals surface area (Å²) in [5.41, 5.74) is 0. The molecule has 0 saturated carbocycles. The van der Waals surface area contributed by atoms with Crippen LogP contribution in [0.3, 0.4) is 0 Å². The maximum atomic E-state index is 4.27. The second-order valence-electron chi connectivity index (χ2n) is 5.22. The summed E-state index contributed by atoms with van der Waals surface area (Å²) >= 11 is 1.77. The predicted molar refractivity (Wildman–Crippen MR) is 75.5 cm³/mol. The fourth-order valence-electron chi connectivity index (χ4n) is 1.87. The van der Waals surface area contributed by atoms with E-state index in [1.54, 1.807) is 11.3 Å². The lowest BCUT2D eigenvalue weighted by atomic mass is 10.0. The molecule has 0 radical (unpaired) electrons. The molecule has 0 aromatic carbocycles. The van der Waals surface area contributed by atoms with Gasteiger partial charge in [0.1, 0.15) is 0 Å². The molecular formula is C13H25N3S. The summed E-state index contributed by atoms with van der Waals surface area (Å²) in [7, 11) is 4.32. The van der Waals surface area contributed by atoms with E-state index in [0.717, 1.165) is 24.0 Å². The van der Waals surface area contributed by atoms with E-state index in [0.29, 0.717) is 6.04 Å².